The predicted molar refractivity (Wildman–Crippen MR) is 77.5 cm³/mol. The van der Waals surface area contributed by atoms with E-state index < -0.39 is 0 Å². The van der Waals surface area contributed by atoms with Gasteiger partial charge in [-0.1, -0.05) is 25.4 Å². The summed E-state index contributed by atoms with van der Waals surface area (Å²) in [5, 5.41) is 3.43. The van der Waals surface area contributed by atoms with Crippen LogP contribution in [-0.4, -0.2) is 18.9 Å². The van der Waals surface area contributed by atoms with Crippen molar-refractivity contribution in [3.05, 3.63) is 21.3 Å². The molecule has 1 heterocycles. The van der Waals surface area contributed by atoms with Gasteiger partial charge in [0.15, 0.2) is 0 Å². The van der Waals surface area contributed by atoms with E-state index in [2.05, 4.69) is 5.32 Å². The molecule has 1 saturated carbocycles. The quantitative estimate of drug-likeness (QED) is 0.827. The van der Waals surface area contributed by atoms with Crippen LogP contribution in [0.2, 0.25) is 4.34 Å². The Morgan fingerprint density at radius 3 is 2.72 bits per heavy atom. The predicted octanol–water partition coefficient (Wildman–Crippen LogP) is 3.71. The van der Waals surface area contributed by atoms with Crippen molar-refractivity contribution in [2.45, 2.75) is 32.6 Å². The molecule has 1 aliphatic rings. The topological polar surface area (TPSA) is 29.1 Å². The van der Waals surface area contributed by atoms with Gasteiger partial charge in [0.25, 0.3) is 0 Å². The number of halogens is 1. The zero-order chi connectivity index (χ0) is 13.1. The van der Waals surface area contributed by atoms with Crippen LogP contribution in [0.5, 0.6) is 0 Å². The van der Waals surface area contributed by atoms with Crippen molar-refractivity contribution in [2.75, 3.05) is 13.1 Å². The molecule has 0 bridgehead atoms. The molecular weight excluding hydrogens is 266 g/mol. The number of thiophene rings is 1. The van der Waals surface area contributed by atoms with Gasteiger partial charge in [0.2, 0.25) is 0 Å². The maximum Gasteiger partial charge on any atom is 0.144 e. The second-order valence-electron chi connectivity index (χ2n) is 5.35. The van der Waals surface area contributed by atoms with Crippen molar-refractivity contribution in [3.8, 4) is 0 Å². The molecule has 0 aliphatic heterocycles. The molecule has 1 unspecified atom stereocenters. The Morgan fingerprint density at radius 2 is 2.22 bits per heavy atom. The summed E-state index contributed by atoms with van der Waals surface area (Å²) < 4.78 is 0.758. The van der Waals surface area contributed by atoms with Crippen molar-refractivity contribution in [1.29, 1.82) is 0 Å². The van der Waals surface area contributed by atoms with E-state index in [9.17, 15) is 4.79 Å². The zero-order valence-electron chi connectivity index (χ0n) is 10.9. The summed E-state index contributed by atoms with van der Waals surface area (Å²) in [4.78, 5) is 13.4. The first-order chi connectivity index (χ1) is 8.58. The fourth-order valence-corrected chi connectivity index (χ4v) is 3.18. The van der Waals surface area contributed by atoms with Crippen LogP contribution in [0.15, 0.2) is 12.1 Å². The van der Waals surface area contributed by atoms with Gasteiger partial charge in [-0.2, -0.15) is 0 Å². The Bertz CT molecular complexity index is 412. The Kier molecular flexibility index (Phi) is 4.82. The molecule has 0 spiro atoms. The number of carbonyl (C=O) groups excluding carboxylic acids is 1. The van der Waals surface area contributed by atoms with Crippen LogP contribution in [0.4, 0.5) is 0 Å². The van der Waals surface area contributed by atoms with Gasteiger partial charge in [-0.05, 0) is 37.4 Å². The van der Waals surface area contributed by atoms with E-state index >= 15 is 0 Å². The van der Waals surface area contributed by atoms with Crippen LogP contribution in [0.3, 0.4) is 0 Å². The third-order valence-corrected chi connectivity index (χ3v) is 4.67. The number of Topliss-reactive ketones (excluding diaryl/α,β-unsaturated/α-hetero) is 1. The number of ketones is 1. The molecule has 2 nitrogen and oxygen atoms in total. The van der Waals surface area contributed by atoms with E-state index in [4.69, 9.17) is 11.6 Å². The lowest BCUT2D eigenvalue weighted by atomic mass is 9.94. The summed E-state index contributed by atoms with van der Waals surface area (Å²) in [5.74, 6) is 1.17. The molecule has 0 amide bonds. The number of rotatable bonds is 7. The second kappa shape index (κ2) is 6.18. The molecule has 1 N–H and O–H groups in total. The molecule has 1 atom stereocenters. The minimum absolute atomic E-state index is 0.0405. The standard InChI is InChI=1S/C14H20ClNOS/c1-9(2)14(17)11(8-16-7-10-3-4-10)12-5-6-13(15)18-12/h5-6,9-11,16H,3-4,7-8H2,1-2H3. The summed E-state index contributed by atoms with van der Waals surface area (Å²) in [7, 11) is 0. The van der Waals surface area contributed by atoms with Gasteiger partial charge in [-0.25, -0.2) is 0 Å². The monoisotopic (exact) mass is 285 g/mol. The Morgan fingerprint density at radius 1 is 1.50 bits per heavy atom. The van der Waals surface area contributed by atoms with Gasteiger partial charge < -0.3 is 5.32 Å². The molecule has 1 fully saturated rings. The summed E-state index contributed by atoms with van der Waals surface area (Å²) in [6, 6.07) is 3.86. The Labute approximate surface area is 118 Å². The van der Waals surface area contributed by atoms with Crippen molar-refractivity contribution in [3.63, 3.8) is 0 Å². The molecular formula is C14H20ClNOS. The number of hydrogen-bond acceptors (Lipinski definition) is 3. The number of nitrogens with one attached hydrogen (secondary N) is 1. The molecule has 2 rings (SSSR count). The van der Waals surface area contributed by atoms with Crippen LogP contribution in [0, 0.1) is 11.8 Å². The fraction of sp³-hybridized carbons (Fsp3) is 0.643. The molecule has 100 valence electrons. The van der Waals surface area contributed by atoms with Gasteiger partial charge in [-0.3, -0.25) is 4.79 Å². The van der Waals surface area contributed by atoms with Crippen molar-refractivity contribution in [1.82, 2.24) is 5.32 Å². The summed E-state index contributed by atoms with van der Waals surface area (Å²) in [6.07, 6.45) is 2.67. The first kappa shape index (κ1) is 14.0. The normalized spacial score (nSPS) is 17.1. The molecule has 18 heavy (non-hydrogen) atoms. The highest BCUT2D eigenvalue weighted by molar-refractivity contribution is 7.16. The highest BCUT2D eigenvalue weighted by Crippen LogP contribution is 2.31. The molecule has 0 aromatic carbocycles. The van der Waals surface area contributed by atoms with Crippen LogP contribution in [0.1, 0.15) is 37.5 Å². The average molecular weight is 286 g/mol. The lowest BCUT2D eigenvalue weighted by Gasteiger charge is -2.17. The van der Waals surface area contributed by atoms with E-state index in [1.54, 1.807) is 0 Å². The van der Waals surface area contributed by atoms with Gasteiger partial charge >= 0.3 is 0 Å². The van der Waals surface area contributed by atoms with E-state index in [1.807, 2.05) is 26.0 Å². The van der Waals surface area contributed by atoms with Crippen LogP contribution in [0.25, 0.3) is 0 Å². The van der Waals surface area contributed by atoms with Crippen LogP contribution < -0.4 is 5.32 Å². The molecule has 0 saturated heterocycles. The minimum Gasteiger partial charge on any atom is -0.315 e. The molecule has 1 aromatic heterocycles. The van der Waals surface area contributed by atoms with Crippen molar-refractivity contribution < 1.29 is 4.79 Å². The Hall–Kier alpha value is -0.380. The lowest BCUT2D eigenvalue weighted by molar-refractivity contribution is -0.123. The summed E-state index contributed by atoms with van der Waals surface area (Å²) in [6.45, 7) is 5.71. The van der Waals surface area contributed by atoms with E-state index in [-0.39, 0.29) is 11.8 Å². The lowest BCUT2D eigenvalue weighted by Crippen LogP contribution is -2.30. The summed E-state index contributed by atoms with van der Waals surface area (Å²) in [5.41, 5.74) is 0. The fourth-order valence-electron chi connectivity index (χ4n) is 2.01. The largest absolute Gasteiger partial charge is 0.315 e. The maximum absolute atomic E-state index is 12.3. The number of carbonyl (C=O) groups is 1. The van der Waals surface area contributed by atoms with Crippen LogP contribution >= 0.6 is 22.9 Å². The minimum atomic E-state index is -0.0405. The highest BCUT2D eigenvalue weighted by atomic mass is 35.5. The van der Waals surface area contributed by atoms with E-state index in [1.165, 1.54) is 24.2 Å². The second-order valence-corrected chi connectivity index (χ2v) is 7.10. The summed E-state index contributed by atoms with van der Waals surface area (Å²) >= 11 is 7.49. The third kappa shape index (κ3) is 3.81. The molecule has 1 aromatic rings. The first-order valence-corrected chi connectivity index (χ1v) is 7.77. The first-order valence-electron chi connectivity index (χ1n) is 6.57. The third-order valence-electron chi connectivity index (χ3n) is 3.33. The maximum atomic E-state index is 12.3. The molecule has 4 heteroatoms. The van der Waals surface area contributed by atoms with Gasteiger partial charge in [0.1, 0.15) is 5.78 Å². The highest BCUT2D eigenvalue weighted by Gasteiger charge is 2.26. The van der Waals surface area contributed by atoms with Gasteiger partial charge in [0, 0.05) is 17.3 Å². The zero-order valence-corrected chi connectivity index (χ0v) is 12.5. The van der Waals surface area contributed by atoms with Crippen molar-refractivity contribution in [2.24, 2.45) is 11.8 Å². The number of hydrogen-bond donors (Lipinski definition) is 1. The van der Waals surface area contributed by atoms with Crippen molar-refractivity contribution >= 4 is 28.7 Å². The van der Waals surface area contributed by atoms with Gasteiger partial charge in [-0.15, -0.1) is 11.3 Å². The SMILES string of the molecule is CC(C)C(=O)C(CNCC1CC1)c1ccc(Cl)s1. The molecule has 0 radical (unpaired) electrons. The van der Waals surface area contributed by atoms with E-state index in [0.29, 0.717) is 5.78 Å². The average Bonchev–Trinajstić information content (AvgIpc) is 3.05. The van der Waals surface area contributed by atoms with E-state index in [0.717, 1.165) is 28.2 Å². The smallest absolute Gasteiger partial charge is 0.144 e. The van der Waals surface area contributed by atoms with Gasteiger partial charge in [0.05, 0.1) is 10.3 Å². The van der Waals surface area contributed by atoms with Crippen LogP contribution in [-0.2, 0) is 4.79 Å². The molecule has 1 aliphatic carbocycles. The Balaban J connectivity index is 1.99.